The molecule has 2 atom stereocenters. The number of halogens is 6. The monoisotopic (exact) mass is 382 g/mol. The first-order valence-electron chi connectivity index (χ1n) is 8.02. The summed E-state index contributed by atoms with van der Waals surface area (Å²) in [5.41, 5.74) is 0. The van der Waals surface area contributed by atoms with Gasteiger partial charge in [-0.15, -0.1) is 0 Å². The molecule has 1 saturated carbocycles. The zero-order valence-electron chi connectivity index (χ0n) is 13.2. The number of alkyl halides is 6. The van der Waals surface area contributed by atoms with Gasteiger partial charge in [-0.2, -0.15) is 32.8 Å². The molecule has 0 saturated heterocycles. The van der Waals surface area contributed by atoms with Gasteiger partial charge in [0.05, 0.1) is 0 Å². The third kappa shape index (κ3) is 11.4. The standard InChI is InChI=1S/C16H25F6.V/c1-2-3-4-12-9-13(5-7-15(17,18)19)11-14(10-12)6-8-16(20,21)22;/h12-14H,1-11H2;/q-1;. The Bertz CT molecular complexity index is 287. The summed E-state index contributed by atoms with van der Waals surface area (Å²) in [5.74, 6) is 0.0683. The SMILES string of the molecule is [CH2-]CCCC1CC(CCC(F)(F)F)CC(CCC(F)(F)F)C1.[V]. The molecule has 0 N–H and O–H groups in total. The van der Waals surface area contributed by atoms with Crippen LogP contribution in [0.1, 0.15) is 64.2 Å². The maximum atomic E-state index is 12.4. The van der Waals surface area contributed by atoms with E-state index in [4.69, 9.17) is 0 Å². The molecule has 137 valence electrons. The minimum atomic E-state index is -4.18. The van der Waals surface area contributed by atoms with Gasteiger partial charge in [-0.05, 0) is 49.9 Å². The molecule has 0 aromatic rings. The van der Waals surface area contributed by atoms with Crippen LogP contribution in [0.15, 0.2) is 0 Å². The Kier molecular flexibility index (Phi) is 10.3. The summed E-state index contributed by atoms with van der Waals surface area (Å²) in [7, 11) is 0. The zero-order chi connectivity index (χ0) is 16.8. The third-order valence-corrected chi connectivity index (χ3v) is 4.53. The molecular formula is C16H25F6V-. The first kappa shape index (κ1) is 23.2. The van der Waals surface area contributed by atoms with Crippen molar-refractivity contribution in [1.82, 2.24) is 0 Å². The molecule has 0 spiro atoms. The van der Waals surface area contributed by atoms with E-state index < -0.39 is 25.2 Å². The van der Waals surface area contributed by atoms with Crippen LogP contribution in [-0.4, -0.2) is 12.4 Å². The second-order valence-corrected chi connectivity index (χ2v) is 6.61. The molecule has 0 aromatic carbocycles. The molecular weight excluding hydrogens is 357 g/mol. The average molecular weight is 382 g/mol. The van der Waals surface area contributed by atoms with Crippen LogP contribution >= 0.6 is 0 Å². The van der Waals surface area contributed by atoms with Crippen molar-refractivity contribution < 1.29 is 44.9 Å². The topological polar surface area (TPSA) is 0 Å². The fraction of sp³-hybridized carbons (Fsp3) is 0.938. The smallest absolute Gasteiger partial charge is 0.343 e. The molecule has 0 aromatic heterocycles. The second kappa shape index (κ2) is 10.2. The van der Waals surface area contributed by atoms with E-state index >= 15 is 0 Å². The maximum absolute atomic E-state index is 12.4. The molecule has 0 heterocycles. The third-order valence-electron chi connectivity index (χ3n) is 4.53. The van der Waals surface area contributed by atoms with Gasteiger partial charge in [0.15, 0.2) is 0 Å². The van der Waals surface area contributed by atoms with Crippen LogP contribution in [-0.2, 0) is 18.6 Å². The first-order chi connectivity index (χ1) is 10.1. The summed E-state index contributed by atoms with van der Waals surface area (Å²) >= 11 is 0. The van der Waals surface area contributed by atoms with E-state index in [1.165, 1.54) is 0 Å². The number of rotatable bonds is 7. The molecule has 0 nitrogen and oxygen atoms in total. The first-order valence-corrected chi connectivity index (χ1v) is 8.02. The van der Waals surface area contributed by atoms with Gasteiger partial charge in [-0.1, -0.05) is 12.8 Å². The van der Waals surface area contributed by atoms with Crippen LogP contribution < -0.4 is 0 Å². The van der Waals surface area contributed by atoms with Crippen molar-refractivity contribution in [3.63, 3.8) is 0 Å². The van der Waals surface area contributed by atoms with Crippen LogP contribution in [0.3, 0.4) is 0 Å². The second-order valence-electron chi connectivity index (χ2n) is 6.61. The summed E-state index contributed by atoms with van der Waals surface area (Å²) in [6, 6.07) is 0. The van der Waals surface area contributed by atoms with Gasteiger partial charge >= 0.3 is 12.4 Å². The summed E-state index contributed by atoms with van der Waals surface area (Å²) < 4.78 is 74.1. The number of hydrogen-bond donors (Lipinski definition) is 0. The minimum absolute atomic E-state index is 0. The summed E-state index contributed by atoms with van der Waals surface area (Å²) in [5, 5.41) is 0. The normalized spacial score (nSPS) is 26.0. The van der Waals surface area contributed by atoms with Crippen molar-refractivity contribution in [2.45, 2.75) is 76.6 Å². The maximum Gasteiger partial charge on any atom is 0.389 e. The van der Waals surface area contributed by atoms with Crippen LogP contribution in [0.5, 0.6) is 0 Å². The fourth-order valence-electron chi connectivity index (χ4n) is 3.58. The Morgan fingerprint density at radius 3 is 1.35 bits per heavy atom. The van der Waals surface area contributed by atoms with Crippen molar-refractivity contribution in [1.29, 1.82) is 0 Å². The molecule has 2 unspecified atom stereocenters. The van der Waals surface area contributed by atoms with Crippen molar-refractivity contribution in [3.05, 3.63) is 6.92 Å². The molecule has 0 amide bonds. The summed E-state index contributed by atoms with van der Waals surface area (Å²) in [6.45, 7) is 3.75. The van der Waals surface area contributed by atoms with E-state index in [0.717, 1.165) is 32.1 Å². The Balaban J connectivity index is 0.00000484. The van der Waals surface area contributed by atoms with Crippen molar-refractivity contribution in [3.8, 4) is 0 Å². The van der Waals surface area contributed by atoms with E-state index in [0.29, 0.717) is 6.42 Å². The van der Waals surface area contributed by atoms with E-state index in [2.05, 4.69) is 6.92 Å². The summed E-state index contributed by atoms with van der Waals surface area (Å²) in [4.78, 5) is 0. The largest absolute Gasteiger partial charge is 0.389 e. The van der Waals surface area contributed by atoms with Crippen LogP contribution in [0.4, 0.5) is 26.3 Å². The van der Waals surface area contributed by atoms with Gasteiger partial charge in [0.2, 0.25) is 0 Å². The Hall–Kier alpha value is 0.164. The molecule has 7 heteroatoms. The minimum Gasteiger partial charge on any atom is -0.343 e. The van der Waals surface area contributed by atoms with E-state index in [1.807, 2.05) is 0 Å². The van der Waals surface area contributed by atoms with Crippen molar-refractivity contribution in [2.75, 3.05) is 0 Å². The number of hydrogen-bond acceptors (Lipinski definition) is 0. The molecule has 23 heavy (non-hydrogen) atoms. The molecule has 1 radical (unpaired) electrons. The van der Waals surface area contributed by atoms with E-state index in [-0.39, 0.29) is 49.2 Å². The van der Waals surface area contributed by atoms with Gasteiger partial charge in [0.1, 0.15) is 0 Å². The van der Waals surface area contributed by atoms with Gasteiger partial charge in [-0.3, -0.25) is 0 Å². The van der Waals surface area contributed by atoms with Crippen LogP contribution in [0.25, 0.3) is 0 Å². The zero-order valence-corrected chi connectivity index (χ0v) is 14.6. The van der Waals surface area contributed by atoms with Crippen LogP contribution in [0.2, 0.25) is 0 Å². The number of unbranched alkanes of at least 4 members (excludes halogenated alkanes) is 1. The Labute approximate surface area is 146 Å². The fourth-order valence-corrected chi connectivity index (χ4v) is 3.58. The molecule has 1 aliphatic rings. The van der Waals surface area contributed by atoms with Gasteiger partial charge in [0.25, 0.3) is 0 Å². The van der Waals surface area contributed by atoms with Gasteiger partial charge in [0, 0.05) is 31.4 Å². The quantitative estimate of drug-likeness (QED) is 0.339. The Morgan fingerprint density at radius 1 is 0.696 bits per heavy atom. The van der Waals surface area contributed by atoms with E-state index in [1.54, 1.807) is 0 Å². The van der Waals surface area contributed by atoms with Crippen LogP contribution in [0, 0.1) is 24.7 Å². The molecule has 0 bridgehead atoms. The van der Waals surface area contributed by atoms with Crippen molar-refractivity contribution in [2.24, 2.45) is 17.8 Å². The Morgan fingerprint density at radius 2 is 1.04 bits per heavy atom. The van der Waals surface area contributed by atoms with Gasteiger partial charge < -0.3 is 6.92 Å². The van der Waals surface area contributed by atoms with Crippen molar-refractivity contribution >= 4 is 0 Å². The predicted octanol–water partition coefficient (Wildman–Crippen LogP) is 6.71. The van der Waals surface area contributed by atoms with Gasteiger partial charge in [-0.25, -0.2) is 0 Å². The molecule has 1 fully saturated rings. The summed E-state index contributed by atoms with van der Waals surface area (Å²) in [6.07, 6.45) is -5.45. The molecule has 0 aliphatic heterocycles. The molecule has 1 rings (SSSR count). The predicted molar refractivity (Wildman–Crippen MR) is 74.1 cm³/mol. The molecule has 1 aliphatic carbocycles. The average Bonchev–Trinajstić information content (AvgIpc) is 2.39. The van der Waals surface area contributed by atoms with E-state index in [9.17, 15) is 26.3 Å².